The third kappa shape index (κ3) is 2.79. The molecule has 0 aliphatic rings. The van der Waals surface area contributed by atoms with E-state index in [1.54, 1.807) is 6.92 Å². The molecule has 1 N–H and O–H groups in total. The van der Waals surface area contributed by atoms with Crippen molar-refractivity contribution in [3.05, 3.63) is 46.1 Å². The first-order valence-corrected chi connectivity index (χ1v) is 6.42. The highest BCUT2D eigenvalue weighted by Gasteiger charge is 2.16. The molecule has 4 nitrogen and oxygen atoms in total. The smallest absolute Gasteiger partial charge is 0.293 e. The number of aromatic nitrogens is 1. The van der Waals surface area contributed by atoms with E-state index in [1.807, 2.05) is 31.2 Å². The molecule has 0 spiro atoms. The van der Waals surface area contributed by atoms with Crippen LogP contribution in [-0.4, -0.2) is 10.9 Å². The molecular weight excluding hydrogens is 296 g/mol. The van der Waals surface area contributed by atoms with Gasteiger partial charge in [-0.3, -0.25) is 4.79 Å². The zero-order chi connectivity index (χ0) is 13.1. The van der Waals surface area contributed by atoms with Crippen LogP contribution in [0.4, 0.5) is 5.69 Å². The summed E-state index contributed by atoms with van der Waals surface area (Å²) in [5.41, 5.74) is 1.33. The van der Waals surface area contributed by atoms with Gasteiger partial charge >= 0.3 is 0 Å². The number of rotatable bonds is 3. The Hall–Kier alpha value is -1.62. The van der Waals surface area contributed by atoms with E-state index in [0.717, 1.165) is 10.2 Å². The SMILES string of the molecule is CCc1nc(C)c(C(=O)Nc2ccc(Br)cc2)o1. The van der Waals surface area contributed by atoms with E-state index in [2.05, 4.69) is 26.2 Å². The van der Waals surface area contributed by atoms with E-state index < -0.39 is 0 Å². The zero-order valence-electron chi connectivity index (χ0n) is 10.2. The molecule has 1 amide bonds. The van der Waals surface area contributed by atoms with Crippen LogP contribution in [0.1, 0.15) is 29.1 Å². The maximum atomic E-state index is 12.0. The van der Waals surface area contributed by atoms with Gasteiger partial charge in [0, 0.05) is 16.6 Å². The van der Waals surface area contributed by atoms with E-state index in [4.69, 9.17) is 4.42 Å². The van der Waals surface area contributed by atoms with Crippen LogP contribution in [0.5, 0.6) is 0 Å². The molecule has 2 aromatic rings. The lowest BCUT2D eigenvalue weighted by Crippen LogP contribution is -2.12. The van der Waals surface area contributed by atoms with Gasteiger partial charge in [-0.2, -0.15) is 0 Å². The van der Waals surface area contributed by atoms with Gasteiger partial charge in [0.2, 0.25) is 5.76 Å². The molecule has 0 bridgehead atoms. The summed E-state index contributed by atoms with van der Waals surface area (Å²) in [5, 5.41) is 2.77. The molecule has 18 heavy (non-hydrogen) atoms. The van der Waals surface area contributed by atoms with Crippen LogP contribution in [0.2, 0.25) is 0 Å². The minimum atomic E-state index is -0.276. The lowest BCUT2D eigenvalue weighted by molar-refractivity contribution is 0.0994. The van der Waals surface area contributed by atoms with Crippen molar-refractivity contribution >= 4 is 27.5 Å². The summed E-state index contributed by atoms with van der Waals surface area (Å²) in [7, 11) is 0. The molecular formula is C13H13BrN2O2. The first kappa shape index (κ1) is 12.8. The van der Waals surface area contributed by atoms with Gasteiger partial charge in [-0.15, -0.1) is 0 Å². The number of amides is 1. The van der Waals surface area contributed by atoms with Crippen LogP contribution in [0.3, 0.4) is 0 Å². The minimum Gasteiger partial charge on any atom is -0.435 e. The Bertz CT molecular complexity index is 561. The Balaban J connectivity index is 2.16. The molecule has 0 aliphatic heterocycles. The average Bonchev–Trinajstić information content (AvgIpc) is 2.73. The second-order valence-corrected chi connectivity index (χ2v) is 4.75. The number of halogens is 1. The third-order valence-corrected chi connectivity index (χ3v) is 2.98. The molecule has 0 saturated heterocycles. The lowest BCUT2D eigenvalue weighted by atomic mass is 10.3. The van der Waals surface area contributed by atoms with Gasteiger partial charge < -0.3 is 9.73 Å². The topological polar surface area (TPSA) is 55.1 Å². The first-order valence-electron chi connectivity index (χ1n) is 5.63. The molecule has 0 saturated carbocycles. The van der Waals surface area contributed by atoms with Gasteiger partial charge in [0.1, 0.15) is 0 Å². The van der Waals surface area contributed by atoms with Crippen molar-refractivity contribution in [3.8, 4) is 0 Å². The van der Waals surface area contributed by atoms with Crippen LogP contribution in [0, 0.1) is 6.92 Å². The summed E-state index contributed by atoms with van der Waals surface area (Å²) in [5.74, 6) is 0.574. The van der Waals surface area contributed by atoms with Crippen molar-refractivity contribution in [1.29, 1.82) is 0 Å². The quantitative estimate of drug-likeness (QED) is 0.943. The number of carbonyl (C=O) groups is 1. The van der Waals surface area contributed by atoms with Gasteiger partial charge in [0.15, 0.2) is 5.89 Å². The molecule has 5 heteroatoms. The van der Waals surface area contributed by atoms with Crippen LogP contribution in [0.15, 0.2) is 33.2 Å². The number of carbonyl (C=O) groups excluding carboxylic acids is 1. The Morgan fingerprint density at radius 3 is 2.61 bits per heavy atom. The number of hydrogen-bond donors (Lipinski definition) is 1. The average molecular weight is 309 g/mol. The van der Waals surface area contributed by atoms with E-state index in [1.165, 1.54) is 0 Å². The minimum absolute atomic E-state index is 0.273. The normalized spacial score (nSPS) is 10.4. The molecule has 1 aromatic carbocycles. The van der Waals surface area contributed by atoms with Crippen LogP contribution >= 0.6 is 15.9 Å². The molecule has 1 heterocycles. The number of hydrogen-bond acceptors (Lipinski definition) is 3. The predicted octanol–water partition coefficient (Wildman–Crippen LogP) is 3.56. The summed E-state index contributed by atoms with van der Waals surface area (Å²) in [6.45, 7) is 3.70. The van der Waals surface area contributed by atoms with E-state index >= 15 is 0 Å². The number of benzene rings is 1. The second kappa shape index (κ2) is 5.35. The molecule has 0 radical (unpaired) electrons. The van der Waals surface area contributed by atoms with Crippen molar-refractivity contribution in [2.75, 3.05) is 5.32 Å². The molecule has 0 unspecified atom stereocenters. The van der Waals surface area contributed by atoms with Crippen LogP contribution in [-0.2, 0) is 6.42 Å². The monoisotopic (exact) mass is 308 g/mol. The van der Waals surface area contributed by atoms with Crippen LogP contribution < -0.4 is 5.32 Å². The standard InChI is InChI=1S/C13H13BrN2O2/c1-3-11-15-8(2)12(18-11)13(17)16-10-6-4-9(14)5-7-10/h4-7H,3H2,1-2H3,(H,16,17). The summed E-state index contributed by atoms with van der Waals surface area (Å²) in [6.07, 6.45) is 0.673. The van der Waals surface area contributed by atoms with Gasteiger partial charge in [0.05, 0.1) is 5.69 Å². The number of nitrogens with zero attached hydrogens (tertiary/aromatic N) is 1. The number of nitrogens with one attached hydrogen (secondary N) is 1. The van der Waals surface area contributed by atoms with Crippen molar-refractivity contribution in [2.24, 2.45) is 0 Å². The predicted molar refractivity (Wildman–Crippen MR) is 72.7 cm³/mol. The highest BCUT2D eigenvalue weighted by molar-refractivity contribution is 9.10. The van der Waals surface area contributed by atoms with Gasteiger partial charge in [-0.05, 0) is 31.2 Å². The van der Waals surface area contributed by atoms with Crippen molar-refractivity contribution in [1.82, 2.24) is 4.98 Å². The third-order valence-electron chi connectivity index (χ3n) is 2.45. The molecule has 94 valence electrons. The maximum Gasteiger partial charge on any atom is 0.293 e. The van der Waals surface area contributed by atoms with Crippen molar-refractivity contribution in [3.63, 3.8) is 0 Å². The van der Waals surface area contributed by atoms with Gasteiger partial charge in [-0.25, -0.2) is 4.98 Å². The second-order valence-electron chi connectivity index (χ2n) is 3.84. The first-order chi connectivity index (χ1) is 8.60. The fourth-order valence-electron chi connectivity index (χ4n) is 1.54. The Morgan fingerprint density at radius 2 is 2.06 bits per heavy atom. The summed E-state index contributed by atoms with van der Waals surface area (Å²) in [4.78, 5) is 16.2. The van der Waals surface area contributed by atoms with E-state index in [9.17, 15) is 4.79 Å². The van der Waals surface area contributed by atoms with Crippen LogP contribution in [0.25, 0.3) is 0 Å². The van der Waals surface area contributed by atoms with Gasteiger partial charge in [0.25, 0.3) is 5.91 Å². The zero-order valence-corrected chi connectivity index (χ0v) is 11.7. The van der Waals surface area contributed by atoms with Crippen molar-refractivity contribution in [2.45, 2.75) is 20.3 Å². The summed E-state index contributed by atoms with van der Waals surface area (Å²) < 4.78 is 6.35. The lowest BCUT2D eigenvalue weighted by Gasteiger charge is -2.03. The van der Waals surface area contributed by atoms with E-state index in [0.29, 0.717) is 18.0 Å². The molecule has 0 aliphatic carbocycles. The highest BCUT2D eigenvalue weighted by Crippen LogP contribution is 2.17. The summed E-state index contributed by atoms with van der Waals surface area (Å²) >= 11 is 3.34. The molecule has 0 fully saturated rings. The van der Waals surface area contributed by atoms with E-state index in [-0.39, 0.29) is 11.7 Å². The number of anilines is 1. The fraction of sp³-hybridized carbons (Fsp3) is 0.231. The largest absolute Gasteiger partial charge is 0.435 e. The molecule has 0 atom stereocenters. The number of aryl methyl sites for hydroxylation is 2. The van der Waals surface area contributed by atoms with Gasteiger partial charge in [-0.1, -0.05) is 22.9 Å². The summed E-state index contributed by atoms with van der Waals surface area (Å²) in [6, 6.07) is 7.35. The molecule has 2 rings (SSSR count). The molecule has 1 aromatic heterocycles. The number of oxazole rings is 1. The Kier molecular flexibility index (Phi) is 3.81. The Labute approximate surface area is 114 Å². The Morgan fingerprint density at radius 1 is 1.39 bits per heavy atom. The highest BCUT2D eigenvalue weighted by atomic mass is 79.9. The maximum absolute atomic E-state index is 12.0. The fourth-order valence-corrected chi connectivity index (χ4v) is 1.80. The van der Waals surface area contributed by atoms with Crippen molar-refractivity contribution < 1.29 is 9.21 Å².